The lowest BCUT2D eigenvalue weighted by molar-refractivity contribution is 0.428. The van der Waals surface area contributed by atoms with E-state index in [1.807, 2.05) is 121 Å². The average molecular weight is 791 g/mol. The van der Waals surface area contributed by atoms with Crippen LogP contribution < -0.4 is 4.74 Å². The highest BCUT2D eigenvalue weighted by atomic mass is 16.5. The molecule has 6 aromatic rings. The topological polar surface area (TPSA) is 90.2 Å². The molecule has 0 bridgehead atoms. The maximum Gasteiger partial charge on any atom is 0.131 e. The Kier molecular flexibility index (Phi) is 11.5. The van der Waals surface area contributed by atoms with Gasteiger partial charge in [0.05, 0.1) is 0 Å². The van der Waals surface area contributed by atoms with Gasteiger partial charge in [-0.25, -0.2) is 0 Å². The summed E-state index contributed by atoms with van der Waals surface area (Å²) in [6, 6.07) is 39.0. The zero-order valence-electron chi connectivity index (χ0n) is 36.9. The molecule has 0 radical (unpaired) electrons. The fourth-order valence-corrected chi connectivity index (χ4v) is 8.32. The Hall–Kier alpha value is -5.68. The highest BCUT2D eigenvalue weighted by Gasteiger charge is 2.33. The van der Waals surface area contributed by atoms with E-state index in [1.165, 1.54) is 0 Å². The summed E-state index contributed by atoms with van der Waals surface area (Å²) in [4.78, 5) is 0. The first kappa shape index (κ1) is 42.9. The lowest BCUT2D eigenvalue weighted by Gasteiger charge is -2.29. The number of rotatable bonds is 8. The van der Waals surface area contributed by atoms with Gasteiger partial charge in [-0.2, -0.15) is 0 Å². The van der Waals surface area contributed by atoms with Crippen molar-refractivity contribution in [2.45, 2.75) is 117 Å². The molecule has 0 fully saturated rings. The molecule has 0 aliphatic carbocycles. The molecule has 0 spiro atoms. The molecule has 0 saturated heterocycles. The molecule has 5 heteroatoms. The van der Waals surface area contributed by atoms with Crippen LogP contribution in [0.3, 0.4) is 0 Å². The number of para-hydroxylation sites is 5. The smallest absolute Gasteiger partial charge is 0.131 e. The second-order valence-corrected chi connectivity index (χ2v) is 20.1. The third-order valence-electron chi connectivity index (χ3n) is 11.4. The molecule has 0 saturated carbocycles. The number of phenols is 4. The number of benzene rings is 6. The summed E-state index contributed by atoms with van der Waals surface area (Å²) in [6.07, 6.45) is 0. The van der Waals surface area contributed by atoms with Crippen molar-refractivity contribution < 1.29 is 25.2 Å². The van der Waals surface area contributed by atoms with Crippen LogP contribution in [0.1, 0.15) is 151 Å². The van der Waals surface area contributed by atoms with E-state index in [-0.39, 0.29) is 44.7 Å². The Morgan fingerprint density at radius 3 is 1.05 bits per heavy atom. The van der Waals surface area contributed by atoms with Gasteiger partial charge in [0.2, 0.25) is 0 Å². The Labute approximate surface area is 352 Å². The molecule has 308 valence electrons. The first-order valence-corrected chi connectivity index (χ1v) is 20.7. The zero-order valence-corrected chi connectivity index (χ0v) is 36.9. The molecule has 0 aliphatic rings. The fourth-order valence-electron chi connectivity index (χ4n) is 8.32. The first-order chi connectivity index (χ1) is 27.5. The van der Waals surface area contributed by atoms with Crippen molar-refractivity contribution in [3.8, 4) is 34.5 Å². The number of hydrogen-bond donors (Lipinski definition) is 4. The van der Waals surface area contributed by atoms with Crippen molar-refractivity contribution >= 4 is 0 Å². The molecule has 0 unspecified atom stereocenters. The van der Waals surface area contributed by atoms with Crippen LogP contribution in [0.25, 0.3) is 0 Å². The van der Waals surface area contributed by atoms with E-state index in [1.54, 1.807) is 0 Å². The number of ether oxygens (including phenoxy) is 1. The maximum atomic E-state index is 12.1. The van der Waals surface area contributed by atoms with E-state index in [2.05, 4.69) is 83.1 Å². The van der Waals surface area contributed by atoms with Gasteiger partial charge in [0, 0.05) is 39.7 Å². The van der Waals surface area contributed by atoms with E-state index >= 15 is 0 Å². The van der Waals surface area contributed by atoms with Gasteiger partial charge < -0.3 is 25.2 Å². The van der Waals surface area contributed by atoms with Crippen LogP contribution in [-0.2, 0) is 21.7 Å². The van der Waals surface area contributed by atoms with Crippen LogP contribution in [0, 0.1) is 0 Å². The normalized spacial score (nSPS) is 12.6. The summed E-state index contributed by atoms with van der Waals surface area (Å²) in [6.45, 7) is 24.9. The summed E-state index contributed by atoms with van der Waals surface area (Å²) in [7, 11) is 0. The number of phenolic OH excluding ortho intramolecular Hbond substituents is 4. The standard InChI is InChI=1S/C54H62O5/c1-51(2,3)40-27-16-23-36(47(40)55)45(37-24-17-28-41(48(37)56)52(4,5)6)33-20-15-21-34(32-33)59-44-31-14-13-22-35(44)46(38-25-18-29-42(49(38)57)53(7,8)9)39-26-19-30-43(50(39)58)54(10,11)12/h13-32,45-46,55-58H,1-12H3. The summed E-state index contributed by atoms with van der Waals surface area (Å²) in [5.74, 6) is 0.722. The summed E-state index contributed by atoms with van der Waals surface area (Å²) >= 11 is 0. The summed E-state index contributed by atoms with van der Waals surface area (Å²) in [5, 5.41) is 48.1. The fraction of sp³-hybridized carbons (Fsp3) is 0.333. The number of aromatic hydroxyl groups is 4. The van der Waals surface area contributed by atoms with Crippen LogP contribution in [0.2, 0.25) is 0 Å². The Morgan fingerprint density at radius 2 is 0.678 bits per heavy atom. The third-order valence-corrected chi connectivity index (χ3v) is 11.4. The quantitative estimate of drug-likeness (QED) is 0.115. The first-order valence-electron chi connectivity index (χ1n) is 20.7. The molecular weight excluding hydrogens is 729 g/mol. The van der Waals surface area contributed by atoms with Gasteiger partial charge in [0.25, 0.3) is 0 Å². The van der Waals surface area contributed by atoms with Gasteiger partial charge in [-0.15, -0.1) is 0 Å². The molecule has 0 amide bonds. The van der Waals surface area contributed by atoms with E-state index < -0.39 is 11.8 Å². The minimum atomic E-state index is -0.596. The predicted molar refractivity (Wildman–Crippen MR) is 242 cm³/mol. The molecule has 59 heavy (non-hydrogen) atoms. The van der Waals surface area contributed by atoms with Gasteiger partial charge in [0.1, 0.15) is 34.5 Å². The molecule has 0 aromatic heterocycles. The van der Waals surface area contributed by atoms with Crippen LogP contribution in [-0.4, -0.2) is 20.4 Å². The number of hydrogen-bond acceptors (Lipinski definition) is 5. The average Bonchev–Trinajstić information content (AvgIpc) is 3.13. The molecule has 0 heterocycles. The Bertz CT molecular complexity index is 2340. The zero-order chi connectivity index (χ0) is 43.2. The van der Waals surface area contributed by atoms with Crippen molar-refractivity contribution in [2.75, 3.05) is 0 Å². The molecule has 6 aromatic carbocycles. The minimum absolute atomic E-state index is 0.180. The van der Waals surface area contributed by atoms with Gasteiger partial charge >= 0.3 is 0 Å². The van der Waals surface area contributed by atoms with Crippen molar-refractivity contribution in [3.63, 3.8) is 0 Å². The lowest BCUT2D eigenvalue weighted by Crippen LogP contribution is -2.15. The molecule has 0 atom stereocenters. The van der Waals surface area contributed by atoms with E-state index in [9.17, 15) is 20.4 Å². The minimum Gasteiger partial charge on any atom is -0.507 e. The van der Waals surface area contributed by atoms with Crippen LogP contribution in [0.5, 0.6) is 34.5 Å². The highest BCUT2D eigenvalue weighted by molar-refractivity contribution is 5.62. The summed E-state index contributed by atoms with van der Waals surface area (Å²) < 4.78 is 6.90. The monoisotopic (exact) mass is 790 g/mol. The highest BCUT2D eigenvalue weighted by Crippen LogP contribution is 2.50. The van der Waals surface area contributed by atoms with Crippen LogP contribution >= 0.6 is 0 Å². The molecule has 6 rings (SSSR count). The predicted octanol–water partition coefficient (Wildman–Crippen LogP) is 13.9. The second-order valence-electron chi connectivity index (χ2n) is 20.1. The molecule has 5 nitrogen and oxygen atoms in total. The van der Waals surface area contributed by atoms with Crippen LogP contribution in [0.15, 0.2) is 121 Å². The largest absolute Gasteiger partial charge is 0.507 e. The molecule has 0 aliphatic heterocycles. The van der Waals surface area contributed by atoms with E-state index in [4.69, 9.17) is 4.74 Å². The van der Waals surface area contributed by atoms with Gasteiger partial charge in [-0.05, 0) is 67.7 Å². The van der Waals surface area contributed by atoms with Gasteiger partial charge in [-0.3, -0.25) is 0 Å². The SMILES string of the molecule is CC(C)(C)c1cccc(C(c2cccc(Oc3ccccc3C(c3cccc(C(C)(C)C)c3O)c3cccc(C(C)(C)C)c3O)c2)c2cccc(C(C)(C)C)c2O)c1O. The van der Waals surface area contributed by atoms with E-state index in [0.29, 0.717) is 33.8 Å². The summed E-state index contributed by atoms with van der Waals surface area (Å²) in [5.41, 5.74) is 6.19. The van der Waals surface area contributed by atoms with Crippen molar-refractivity contribution in [1.82, 2.24) is 0 Å². The van der Waals surface area contributed by atoms with Crippen LogP contribution in [0.4, 0.5) is 0 Å². The van der Waals surface area contributed by atoms with Crippen molar-refractivity contribution in [1.29, 1.82) is 0 Å². The Balaban J connectivity index is 1.55. The second kappa shape index (κ2) is 15.8. The van der Waals surface area contributed by atoms with Gasteiger partial charge in [-0.1, -0.05) is 186 Å². The van der Waals surface area contributed by atoms with E-state index in [0.717, 1.165) is 33.4 Å². The van der Waals surface area contributed by atoms with Gasteiger partial charge in [0.15, 0.2) is 0 Å². The lowest BCUT2D eigenvalue weighted by atomic mass is 9.77. The molecule has 4 N–H and O–H groups in total. The van der Waals surface area contributed by atoms with Crippen molar-refractivity contribution in [2.24, 2.45) is 0 Å². The van der Waals surface area contributed by atoms with Crippen molar-refractivity contribution in [3.05, 3.63) is 177 Å². The maximum absolute atomic E-state index is 12.1. The molecular formula is C54H62O5. The Morgan fingerprint density at radius 1 is 0.356 bits per heavy atom. The third kappa shape index (κ3) is 8.71.